The van der Waals surface area contributed by atoms with Crippen LogP contribution in [0.5, 0.6) is 5.75 Å². The number of nitrogens with zero attached hydrogens (tertiary/aromatic N) is 5. The number of amides is 1. The summed E-state index contributed by atoms with van der Waals surface area (Å²) in [6, 6.07) is 0. The third-order valence-corrected chi connectivity index (χ3v) is 4.93. The van der Waals surface area contributed by atoms with Crippen LogP contribution in [0.15, 0.2) is 30.4 Å². The number of H-pyrrole nitrogens is 1. The van der Waals surface area contributed by atoms with Crippen molar-refractivity contribution in [2.24, 2.45) is 0 Å². The molecule has 0 radical (unpaired) electrons. The molecule has 0 unspecified atom stereocenters. The van der Waals surface area contributed by atoms with Gasteiger partial charge in [-0.3, -0.25) is 9.59 Å². The molecule has 0 spiro atoms. The lowest BCUT2D eigenvalue weighted by Gasteiger charge is -2.14. The second-order valence-corrected chi connectivity index (χ2v) is 6.59. The van der Waals surface area contributed by atoms with Crippen molar-refractivity contribution < 1.29 is 14.3 Å². The molecule has 3 aromatic rings. The van der Waals surface area contributed by atoms with Crippen LogP contribution in [0.3, 0.4) is 0 Å². The smallest absolute Gasteiger partial charge is 0.295 e. The Morgan fingerprint density at radius 1 is 1.32 bits per heavy atom. The number of hydrogen-bond acceptors (Lipinski definition) is 6. The SMILES string of the molecule is C/C=C1\CCN(C(=O)C(=O)c2c[nH]c3c(-n4cnc(C)n4)ncc(OC)c23)C1. The molecule has 4 rings (SSSR count). The molecule has 0 aliphatic carbocycles. The van der Waals surface area contributed by atoms with Crippen LogP contribution in [0, 0.1) is 6.92 Å². The molecule has 144 valence electrons. The van der Waals surface area contributed by atoms with E-state index in [1.54, 1.807) is 18.2 Å². The van der Waals surface area contributed by atoms with Crippen molar-refractivity contribution in [3.8, 4) is 11.6 Å². The Morgan fingerprint density at radius 3 is 2.79 bits per heavy atom. The van der Waals surface area contributed by atoms with Crippen LogP contribution in [0.2, 0.25) is 0 Å². The first-order valence-corrected chi connectivity index (χ1v) is 8.93. The third-order valence-electron chi connectivity index (χ3n) is 4.93. The van der Waals surface area contributed by atoms with Gasteiger partial charge in [0.2, 0.25) is 0 Å². The fourth-order valence-corrected chi connectivity index (χ4v) is 3.41. The number of ketones is 1. The first-order chi connectivity index (χ1) is 13.5. The molecular weight excluding hydrogens is 360 g/mol. The minimum Gasteiger partial charge on any atom is -0.494 e. The number of aromatic amines is 1. The van der Waals surface area contributed by atoms with Crippen molar-refractivity contribution in [1.82, 2.24) is 29.6 Å². The zero-order valence-electron chi connectivity index (χ0n) is 15.9. The van der Waals surface area contributed by atoms with E-state index in [-0.39, 0.29) is 5.56 Å². The maximum Gasteiger partial charge on any atom is 0.295 e. The van der Waals surface area contributed by atoms with E-state index in [1.807, 2.05) is 13.0 Å². The van der Waals surface area contributed by atoms with E-state index < -0.39 is 11.7 Å². The number of fused-ring (bicyclic) bond motifs is 1. The lowest BCUT2D eigenvalue weighted by molar-refractivity contribution is -0.125. The summed E-state index contributed by atoms with van der Waals surface area (Å²) in [5, 5.41) is 4.78. The molecule has 0 atom stereocenters. The number of hydrogen-bond donors (Lipinski definition) is 1. The van der Waals surface area contributed by atoms with Crippen LogP contribution < -0.4 is 4.74 Å². The van der Waals surface area contributed by atoms with Gasteiger partial charge in [-0.15, -0.1) is 0 Å². The largest absolute Gasteiger partial charge is 0.494 e. The molecule has 0 aromatic carbocycles. The average molecular weight is 380 g/mol. The molecule has 1 aliphatic rings. The number of methoxy groups -OCH3 is 1. The van der Waals surface area contributed by atoms with Crippen molar-refractivity contribution in [3.05, 3.63) is 41.8 Å². The fraction of sp³-hybridized carbons (Fsp3) is 0.316. The molecule has 1 N–H and O–H groups in total. The van der Waals surface area contributed by atoms with Gasteiger partial charge >= 0.3 is 0 Å². The first kappa shape index (κ1) is 17.9. The zero-order valence-corrected chi connectivity index (χ0v) is 15.9. The van der Waals surface area contributed by atoms with Crippen LogP contribution >= 0.6 is 0 Å². The lowest BCUT2D eigenvalue weighted by atomic mass is 10.1. The Kier molecular flexibility index (Phi) is 4.42. The summed E-state index contributed by atoms with van der Waals surface area (Å²) < 4.78 is 6.91. The van der Waals surface area contributed by atoms with Crippen molar-refractivity contribution in [2.45, 2.75) is 20.3 Å². The number of pyridine rings is 1. The number of carbonyl (C=O) groups is 2. The predicted octanol–water partition coefficient (Wildman–Crippen LogP) is 1.82. The Bertz CT molecular complexity index is 1110. The van der Waals surface area contributed by atoms with Crippen molar-refractivity contribution >= 4 is 22.6 Å². The second kappa shape index (κ2) is 6.91. The molecule has 1 aliphatic heterocycles. The summed E-state index contributed by atoms with van der Waals surface area (Å²) in [4.78, 5) is 38.8. The number of likely N-dealkylation sites (tertiary alicyclic amines) is 1. The number of ether oxygens (including phenoxy) is 1. The second-order valence-electron chi connectivity index (χ2n) is 6.59. The molecule has 1 fully saturated rings. The van der Waals surface area contributed by atoms with Gasteiger partial charge in [0.1, 0.15) is 17.9 Å². The highest BCUT2D eigenvalue weighted by Crippen LogP contribution is 2.32. The van der Waals surface area contributed by atoms with Crippen molar-refractivity contribution in [2.75, 3.05) is 20.2 Å². The zero-order chi connectivity index (χ0) is 19.8. The minimum atomic E-state index is -0.575. The number of carbonyl (C=O) groups excluding carboxylic acids is 2. The van der Waals surface area contributed by atoms with Crippen molar-refractivity contribution in [3.63, 3.8) is 0 Å². The molecule has 0 saturated carbocycles. The highest BCUT2D eigenvalue weighted by Gasteiger charge is 2.30. The molecule has 3 aromatic heterocycles. The molecule has 28 heavy (non-hydrogen) atoms. The topological polar surface area (TPSA) is 106 Å². The fourth-order valence-electron chi connectivity index (χ4n) is 3.41. The lowest BCUT2D eigenvalue weighted by Crippen LogP contribution is -2.34. The number of Topliss-reactive ketones (excluding diaryl/α,β-unsaturated/α-hetero) is 1. The minimum absolute atomic E-state index is 0.256. The molecular formula is C19H20N6O3. The number of allylic oxidation sites excluding steroid dienone is 1. The van der Waals surface area contributed by atoms with E-state index in [4.69, 9.17) is 4.74 Å². The highest BCUT2D eigenvalue weighted by molar-refractivity contribution is 6.45. The van der Waals surface area contributed by atoms with E-state index in [2.05, 4.69) is 20.1 Å². The monoisotopic (exact) mass is 380 g/mol. The quantitative estimate of drug-likeness (QED) is 0.420. The molecule has 4 heterocycles. The summed E-state index contributed by atoms with van der Waals surface area (Å²) in [5.41, 5.74) is 1.97. The summed E-state index contributed by atoms with van der Waals surface area (Å²) in [6.07, 6.45) is 7.36. The molecule has 0 bridgehead atoms. The van der Waals surface area contributed by atoms with E-state index in [0.717, 1.165) is 12.0 Å². The third kappa shape index (κ3) is 2.84. The normalized spacial score (nSPS) is 15.5. The number of aromatic nitrogens is 5. The molecule has 9 nitrogen and oxygen atoms in total. The summed E-state index contributed by atoms with van der Waals surface area (Å²) in [5.74, 6) is 0.380. The van der Waals surface area contributed by atoms with Gasteiger partial charge in [-0.1, -0.05) is 11.6 Å². The van der Waals surface area contributed by atoms with E-state index in [0.29, 0.717) is 41.4 Å². The Hall–Kier alpha value is -3.49. The van der Waals surface area contributed by atoms with Gasteiger partial charge in [-0.2, -0.15) is 5.10 Å². The van der Waals surface area contributed by atoms with Gasteiger partial charge in [0.15, 0.2) is 5.82 Å². The van der Waals surface area contributed by atoms with Crippen LogP contribution in [0.4, 0.5) is 0 Å². The number of rotatable bonds is 4. The Morgan fingerprint density at radius 2 is 2.14 bits per heavy atom. The molecule has 9 heteroatoms. The van der Waals surface area contributed by atoms with E-state index in [1.165, 1.54) is 24.2 Å². The van der Waals surface area contributed by atoms with Gasteiger partial charge in [0, 0.05) is 19.3 Å². The predicted molar refractivity (Wildman–Crippen MR) is 102 cm³/mol. The van der Waals surface area contributed by atoms with Crippen LogP contribution in [0.1, 0.15) is 29.5 Å². The molecule has 1 saturated heterocycles. The summed E-state index contributed by atoms with van der Waals surface area (Å²) in [7, 11) is 1.50. The van der Waals surface area contributed by atoms with Crippen LogP contribution in [0.25, 0.3) is 16.7 Å². The van der Waals surface area contributed by atoms with Gasteiger partial charge in [-0.05, 0) is 20.3 Å². The average Bonchev–Trinajstić information content (AvgIpc) is 3.45. The van der Waals surface area contributed by atoms with Gasteiger partial charge in [0.25, 0.3) is 11.7 Å². The van der Waals surface area contributed by atoms with Crippen molar-refractivity contribution in [1.29, 1.82) is 0 Å². The first-order valence-electron chi connectivity index (χ1n) is 8.93. The van der Waals surface area contributed by atoms with Crippen LogP contribution in [-0.2, 0) is 4.79 Å². The highest BCUT2D eigenvalue weighted by atomic mass is 16.5. The maximum absolute atomic E-state index is 13.0. The molecule has 1 amide bonds. The summed E-state index contributed by atoms with van der Waals surface area (Å²) in [6.45, 7) is 4.75. The Balaban J connectivity index is 1.77. The van der Waals surface area contributed by atoms with E-state index in [9.17, 15) is 9.59 Å². The number of nitrogens with one attached hydrogen (secondary N) is 1. The van der Waals surface area contributed by atoms with Gasteiger partial charge in [0.05, 0.1) is 29.8 Å². The summed E-state index contributed by atoms with van der Waals surface area (Å²) >= 11 is 0. The maximum atomic E-state index is 13.0. The van der Waals surface area contributed by atoms with Gasteiger partial charge in [-0.25, -0.2) is 14.6 Å². The van der Waals surface area contributed by atoms with E-state index >= 15 is 0 Å². The van der Waals surface area contributed by atoms with Crippen LogP contribution in [-0.4, -0.2) is 61.5 Å². The van der Waals surface area contributed by atoms with Gasteiger partial charge < -0.3 is 14.6 Å². The Labute approximate surface area is 161 Å². The standard InChI is InChI=1S/C19H20N6O3/c1-4-12-5-6-24(9-12)19(27)17(26)13-7-20-16-15(13)14(28-3)8-21-18(16)25-10-22-11(2)23-25/h4,7-8,10,20H,5-6,9H2,1-3H3/b12-4+. The number of aryl methyl sites for hydroxylation is 1.